The van der Waals surface area contributed by atoms with E-state index in [1.165, 1.54) is 0 Å². The van der Waals surface area contributed by atoms with E-state index in [1.807, 2.05) is 30.0 Å². The number of anilines is 1. The molecule has 3 aromatic rings. The molecule has 1 fully saturated rings. The van der Waals surface area contributed by atoms with E-state index in [-0.39, 0.29) is 11.8 Å². The third-order valence-corrected chi connectivity index (χ3v) is 5.04. The minimum absolute atomic E-state index is 0.0353. The van der Waals surface area contributed by atoms with Gasteiger partial charge in [-0.25, -0.2) is 15.0 Å². The Morgan fingerprint density at radius 3 is 2.66 bits per heavy atom. The highest BCUT2D eigenvalue weighted by Crippen LogP contribution is 2.29. The van der Waals surface area contributed by atoms with Gasteiger partial charge in [-0.2, -0.15) is 0 Å². The molecule has 1 amide bonds. The lowest BCUT2D eigenvalue weighted by molar-refractivity contribution is 0.0706. The van der Waals surface area contributed by atoms with E-state index in [2.05, 4.69) is 19.9 Å². The smallest absolute Gasteiger partial charge is 0.253 e. The number of amides is 1. The Kier molecular flexibility index (Phi) is 5.41. The van der Waals surface area contributed by atoms with Gasteiger partial charge in [-0.1, -0.05) is 0 Å². The molecule has 0 unspecified atom stereocenters. The number of hydrogen-bond donors (Lipinski definition) is 0. The van der Waals surface area contributed by atoms with Gasteiger partial charge in [0.15, 0.2) is 5.82 Å². The number of rotatable bonds is 4. The van der Waals surface area contributed by atoms with Crippen LogP contribution in [0.3, 0.4) is 0 Å². The molecule has 0 saturated carbocycles. The monoisotopic (exact) mass is 389 g/mol. The van der Waals surface area contributed by atoms with Gasteiger partial charge in [0.1, 0.15) is 11.5 Å². The van der Waals surface area contributed by atoms with Gasteiger partial charge < -0.3 is 9.80 Å². The number of likely N-dealkylation sites (tertiary alicyclic amines) is 1. The minimum atomic E-state index is 0.0353. The third kappa shape index (κ3) is 4.21. The summed E-state index contributed by atoms with van der Waals surface area (Å²) in [6, 6.07) is 5.52. The summed E-state index contributed by atoms with van der Waals surface area (Å²) in [6.45, 7) is 1.38. The summed E-state index contributed by atoms with van der Waals surface area (Å²) >= 11 is 0. The van der Waals surface area contributed by atoms with E-state index in [0.717, 1.165) is 30.9 Å². The van der Waals surface area contributed by atoms with Crippen molar-refractivity contribution in [1.82, 2.24) is 29.8 Å². The number of piperidine rings is 1. The predicted octanol–water partition coefficient (Wildman–Crippen LogP) is 2.41. The fourth-order valence-electron chi connectivity index (χ4n) is 3.50. The van der Waals surface area contributed by atoms with Gasteiger partial charge in [-0.15, -0.1) is 0 Å². The Morgan fingerprint density at radius 1 is 1.10 bits per heavy atom. The summed E-state index contributed by atoms with van der Waals surface area (Å²) in [5.74, 6) is 1.55. The zero-order chi connectivity index (χ0) is 20.2. The van der Waals surface area contributed by atoms with Crippen LogP contribution in [0.25, 0.3) is 11.5 Å². The van der Waals surface area contributed by atoms with E-state index in [4.69, 9.17) is 4.98 Å². The van der Waals surface area contributed by atoms with Gasteiger partial charge in [0.25, 0.3) is 5.91 Å². The van der Waals surface area contributed by atoms with Crippen molar-refractivity contribution in [3.63, 3.8) is 0 Å². The molecule has 148 valence electrons. The number of nitrogens with zero attached hydrogens (tertiary/aromatic N) is 7. The Labute approximate surface area is 169 Å². The molecule has 1 atom stereocenters. The van der Waals surface area contributed by atoms with Crippen molar-refractivity contribution in [3.05, 3.63) is 60.4 Å². The van der Waals surface area contributed by atoms with Crippen LogP contribution < -0.4 is 4.90 Å². The molecule has 0 spiro atoms. The zero-order valence-electron chi connectivity index (χ0n) is 16.6. The van der Waals surface area contributed by atoms with Crippen molar-refractivity contribution in [1.29, 1.82) is 0 Å². The van der Waals surface area contributed by atoms with E-state index in [0.29, 0.717) is 23.6 Å². The highest BCUT2D eigenvalue weighted by Gasteiger charge is 2.27. The lowest BCUT2D eigenvalue weighted by Gasteiger charge is -2.33. The minimum Gasteiger partial charge on any atom is -0.363 e. The van der Waals surface area contributed by atoms with Crippen molar-refractivity contribution in [2.45, 2.75) is 18.8 Å². The van der Waals surface area contributed by atoms with Crippen LogP contribution in [0.4, 0.5) is 5.82 Å². The Morgan fingerprint density at radius 2 is 1.93 bits per heavy atom. The van der Waals surface area contributed by atoms with Crippen LogP contribution >= 0.6 is 0 Å². The normalized spacial score (nSPS) is 16.5. The van der Waals surface area contributed by atoms with Crippen molar-refractivity contribution in [2.24, 2.45) is 0 Å². The number of aromatic nitrogens is 5. The molecule has 1 saturated heterocycles. The second kappa shape index (κ2) is 8.30. The molecule has 8 nitrogen and oxygen atoms in total. The van der Waals surface area contributed by atoms with Gasteiger partial charge >= 0.3 is 0 Å². The molecule has 3 aromatic heterocycles. The molecular formula is C21H23N7O. The summed E-state index contributed by atoms with van der Waals surface area (Å²) in [5.41, 5.74) is 2.23. The van der Waals surface area contributed by atoms with Gasteiger partial charge in [0.2, 0.25) is 0 Å². The van der Waals surface area contributed by atoms with Crippen LogP contribution in [-0.2, 0) is 0 Å². The lowest BCUT2D eigenvalue weighted by Crippen LogP contribution is -2.39. The van der Waals surface area contributed by atoms with Gasteiger partial charge in [-0.3, -0.25) is 14.8 Å². The molecule has 1 aliphatic rings. The van der Waals surface area contributed by atoms with Crippen molar-refractivity contribution in [3.8, 4) is 11.5 Å². The first-order chi connectivity index (χ1) is 14.1. The van der Waals surface area contributed by atoms with E-state index in [9.17, 15) is 4.79 Å². The fourth-order valence-corrected chi connectivity index (χ4v) is 3.50. The van der Waals surface area contributed by atoms with Crippen LogP contribution in [-0.4, -0.2) is 62.9 Å². The number of carbonyl (C=O) groups is 1. The summed E-state index contributed by atoms with van der Waals surface area (Å²) in [6.07, 6.45) is 10.1. The largest absolute Gasteiger partial charge is 0.363 e. The maximum absolute atomic E-state index is 12.9. The molecule has 8 heteroatoms. The lowest BCUT2D eigenvalue weighted by atomic mass is 9.93. The van der Waals surface area contributed by atoms with E-state index in [1.54, 1.807) is 43.1 Å². The third-order valence-electron chi connectivity index (χ3n) is 5.04. The van der Waals surface area contributed by atoms with Crippen LogP contribution in [0, 0.1) is 0 Å². The molecule has 0 bridgehead atoms. The van der Waals surface area contributed by atoms with Crippen molar-refractivity contribution >= 4 is 11.7 Å². The molecule has 4 rings (SSSR count). The molecular weight excluding hydrogens is 366 g/mol. The predicted molar refractivity (Wildman–Crippen MR) is 110 cm³/mol. The fraction of sp³-hybridized carbons (Fsp3) is 0.333. The second-order valence-corrected chi connectivity index (χ2v) is 7.29. The molecule has 0 N–H and O–H groups in total. The Balaban J connectivity index is 1.63. The van der Waals surface area contributed by atoms with Crippen LogP contribution in [0.5, 0.6) is 0 Å². The summed E-state index contributed by atoms with van der Waals surface area (Å²) in [5, 5.41) is 0. The average molecular weight is 389 g/mol. The number of hydrogen-bond acceptors (Lipinski definition) is 7. The van der Waals surface area contributed by atoms with Gasteiger partial charge in [0.05, 0.1) is 11.9 Å². The van der Waals surface area contributed by atoms with Gasteiger partial charge in [-0.05, 0) is 25.0 Å². The highest BCUT2D eigenvalue weighted by molar-refractivity contribution is 5.94. The molecule has 29 heavy (non-hydrogen) atoms. The van der Waals surface area contributed by atoms with E-state index >= 15 is 0 Å². The molecule has 4 heterocycles. The van der Waals surface area contributed by atoms with Crippen LogP contribution in [0.1, 0.15) is 34.8 Å². The first kappa shape index (κ1) is 18.9. The van der Waals surface area contributed by atoms with Crippen molar-refractivity contribution in [2.75, 3.05) is 32.1 Å². The standard InChI is InChI=1S/C21H23N7O/c1-27(2)19-12-17(25-20(26-19)18-13-23-9-10-24-18)16-4-3-11-28(14-16)21(29)15-5-7-22-8-6-15/h5-10,12-13,16H,3-4,11,14H2,1-2H3/t16-/m0/s1. The summed E-state index contributed by atoms with van der Waals surface area (Å²) in [4.78, 5) is 38.6. The zero-order valence-corrected chi connectivity index (χ0v) is 16.6. The molecule has 1 aliphatic heterocycles. The molecule has 0 radical (unpaired) electrons. The maximum Gasteiger partial charge on any atom is 0.253 e. The summed E-state index contributed by atoms with van der Waals surface area (Å²) < 4.78 is 0. The number of carbonyl (C=O) groups excluding carboxylic acids is 1. The highest BCUT2D eigenvalue weighted by atomic mass is 16.2. The average Bonchev–Trinajstić information content (AvgIpc) is 2.79. The topological polar surface area (TPSA) is 88.0 Å². The number of pyridine rings is 1. The van der Waals surface area contributed by atoms with Crippen LogP contribution in [0.15, 0.2) is 49.2 Å². The van der Waals surface area contributed by atoms with E-state index < -0.39 is 0 Å². The van der Waals surface area contributed by atoms with Crippen LogP contribution in [0.2, 0.25) is 0 Å². The SMILES string of the molecule is CN(C)c1cc([C@H]2CCCN(C(=O)c3ccncc3)C2)nc(-c2cnccn2)n1. The second-order valence-electron chi connectivity index (χ2n) is 7.29. The Hall–Kier alpha value is -3.42. The maximum atomic E-state index is 12.9. The van der Waals surface area contributed by atoms with Gasteiger partial charge in [0, 0.05) is 69.5 Å². The summed E-state index contributed by atoms with van der Waals surface area (Å²) in [7, 11) is 3.90. The van der Waals surface area contributed by atoms with Crippen molar-refractivity contribution < 1.29 is 4.79 Å². The Bertz CT molecular complexity index is 979. The molecule has 0 aliphatic carbocycles. The first-order valence-corrected chi connectivity index (χ1v) is 9.64. The quantitative estimate of drug-likeness (QED) is 0.677. The molecule has 0 aromatic carbocycles. The first-order valence-electron chi connectivity index (χ1n) is 9.64.